The summed E-state index contributed by atoms with van der Waals surface area (Å²) in [6.45, 7) is 0. The molecule has 2 aromatic heterocycles. The highest BCUT2D eigenvalue weighted by atomic mass is 16.5. The van der Waals surface area contributed by atoms with E-state index in [9.17, 15) is 0 Å². The lowest BCUT2D eigenvalue weighted by Gasteiger charge is -2.26. The van der Waals surface area contributed by atoms with Gasteiger partial charge in [-0.05, 0) is 91.2 Å². The van der Waals surface area contributed by atoms with Gasteiger partial charge in [0.15, 0.2) is 0 Å². The van der Waals surface area contributed by atoms with Gasteiger partial charge in [-0.15, -0.1) is 0 Å². The summed E-state index contributed by atoms with van der Waals surface area (Å²) in [4.78, 5) is 9.43. The topological polar surface area (TPSA) is 35.0 Å². The van der Waals surface area contributed by atoms with Gasteiger partial charge >= 0.3 is 0 Å². The quantitative estimate of drug-likeness (QED) is 0.199. The Balaban J connectivity index is 1.18. The molecule has 0 radical (unpaired) electrons. The van der Waals surface area contributed by atoms with Crippen molar-refractivity contribution < 1.29 is 4.74 Å². The van der Waals surface area contributed by atoms with Gasteiger partial charge in [0.2, 0.25) is 0 Å². The Hall–Kier alpha value is -5.28. The van der Waals surface area contributed by atoms with E-state index in [2.05, 4.69) is 102 Å². The maximum absolute atomic E-state index is 6.05. The number of hydrogen-bond donors (Lipinski definition) is 0. The largest absolute Gasteiger partial charge is 0.501 e. The first-order chi connectivity index (χ1) is 21.8. The molecule has 0 spiro atoms. The molecule has 0 bridgehead atoms. The Labute approximate surface area is 255 Å². The zero-order valence-electron chi connectivity index (χ0n) is 24.5. The second-order valence-corrected chi connectivity index (χ2v) is 12.0. The molecule has 2 aliphatic carbocycles. The van der Waals surface area contributed by atoms with Crippen LogP contribution in [0.3, 0.4) is 0 Å². The van der Waals surface area contributed by atoms with Gasteiger partial charge in [-0.25, -0.2) is 0 Å². The van der Waals surface area contributed by atoms with Crippen LogP contribution in [-0.2, 0) is 4.74 Å². The van der Waals surface area contributed by atoms with Gasteiger partial charge in [0.25, 0.3) is 0 Å². The number of methoxy groups -OCH3 is 1. The molecular formula is C41H30N2O. The molecule has 2 aliphatic rings. The second kappa shape index (κ2) is 9.89. The van der Waals surface area contributed by atoms with Crippen molar-refractivity contribution >= 4 is 65.3 Å². The van der Waals surface area contributed by atoms with Gasteiger partial charge in [0.1, 0.15) is 0 Å². The summed E-state index contributed by atoms with van der Waals surface area (Å²) in [6, 6.07) is 30.9. The molecule has 0 aliphatic heterocycles. The average molecular weight is 567 g/mol. The second-order valence-electron chi connectivity index (χ2n) is 12.0. The van der Waals surface area contributed by atoms with Crippen molar-refractivity contribution in [1.29, 1.82) is 0 Å². The summed E-state index contributed by atoms with van der Waals surface area (Å²) in [6.07, 6.45) is 16.0. The monoisotopic (exact) mass is 566 g/mol. The Morgan fingerprint density at radius 1 is 0.682 bits per heavy atom. The number of hydrogen-bond acceptors (Lipinski definition) is 3. The molecule has 0 fully saturated rings. The minimum atomic E-state index is 0.227. The molecule has 3 heteroatoms. The van der Waals surface area contributed by atoms with Crippen LogP contribution < -0.4 is 0 Å². The van der Waals surface area contributed by atoms with Crippen LogP contribution in [0.25, 0.3) is 65.3 Å². The molecule has 0 amide bonds. The normalized spacial score (nSPS) is 17.2. The smallest absolute Gasteiger partial charge is 0.0996 e. The number of benzene rings is 5. The fourth-order valence-electron chi connectivity index (χ4n) is 7.59. The maximum atomic E-state index is 6.05. The summed E-state index contributed by atoms with van der Waals surface area (Å²) in [7, 11) is 1.82. The molecule has 1 unspecified atom stereocenters. The lowest BCUT2D eigenvalue weighted by atomic mass is 9.80. The highest BCUT2D eigenvalue weighted by Gasteiger charge is 2.24. The van der Waals surface area contributed by atoms with Crippen molar-refractivity contribution in [2.75, 3.05) is 7.11 Å². The number of allylic oxidation sites excluding steroid dienone is 8. The zero-order chi connectivity index (χ0) is 29.2. The number of pyridine rings is 2. The zero-order valence-corrected chi connectivity index (χ0v) is 24.5. The third-order valence-corrected chi connectivity index (χ3v) is 9.63. The van der Waals surface area contributed by atoms with Crippen molar-refractivity contribution in [3.05, 3.63) is 144 Å². The maximum Gasteiger partial charge on any atom is 0.0996 e. The van der Waals surface area contributed by atoms with Crippen molar-refractivity contribution in [3.8, 4) is 0 Å². The summed E-state index contributed by atoms with van der Waals surface area (Å²) in [5.74, 6) is 1.32. The van der Waals surface area contributed by atoms with Crippen molar-refractivity contribution in [2.45, 2.75) is 19.3 Å². The minimum Gasteiger partial charge on any atom is -0.501 e. The lowest BCUT2D eigenvalue weighted by molar-refractivity contribution is 0.270. The number of fused-ring (bicyclic) bond motifs is 3. The van der Waals surface area contributed by atoms with Crippen molar-refractivity contribution in [3.63, 3.8) is 0 Å². The van der Waals surface area contributed by atoms with E-state index in [0.29, 0.717) is 0 Å². The van der Waals surface area contributed by atoms with Crippen molar-refractivity contribution in [2.24, 2.45) is 5.92 Å². The molecule has 0 saturated carbocycles. The molecule has 9 rings (SSSR count). The van der Waals surface area contributed by atoms with E-state index in [1.165, 1.54) is 60.2 Å². The van der Waals surface area contributed by atoms with E-state index in [1.807, 2.05) is 31.6 Å². The summed E-state index contributed by atoms with van der Waals surface area (Å²) in [5, 5.41) is 10.2. The van der Waals surface area contributed by atoms with Gasteiger partial charge in [0, 0.05) is 35.5 Å². The number of nitrogens with zero attached hydrogens (tertiary/aromatic N) is 2. The van der Waals surface area contributed by atoms with E-state index in [0.717, 1.165) is 46.8 Å². The average Bonchev–Trinajstić information content (AvgIpc) is 3.10. The minimum absolute atomic E-state index is 0.227. The Kier molecular flexibility index (Phi) is 5.67. The van der Waals surface area contributed by atoms with Crippen molar-refractivity contribution in [1.82, 2.24) is 9.97 Å². The van der Waals surface area contributed by atoms with E-state index in [1.54, 1.807) is 0 Å². The van der Waals surface area contributed by atoms with Gasteiger partial charge in [-0.1, -0.05) is 91.0 Å². The van der Waals surface area contributed by atoms with E-state index >= 15 is 0 Å². The molecule has 3 nitrogen and oxygen atoms in total. The third kappa shape index (κ3) is 3.82. The summed E-state index contributed by atoms with van der Waals surface area (Å²) in [5.41, 5.74) is 8.32. The SMILES string of the molecule is COC1=C(C2C=C(c3ccc4ccc5cccc6ccc3c4c56)C=CC2)C=C(c2cc3cccnc3c3ncccc23)CC1. The van der Waals surface area contributed by atoms with Crippen LogP contribution in [0.15, 0.2) is 133 Å². The van der Waals surface area contributed by atoms with Crippen LogP contribution >= 0.6 is 0 Å². The summed E-state index contributed by atoms with van der Waals surface area (Å²) >= 11 is 0. The molecule has 0 N–H and O–H groups in total. The van der Waals surface area contributed by atoms with E-state index in [4.69, 9.17) is 9.72 Å². The van der Waals surface area contributed by atoms with Crippen LogP contribution in [0.1, 0.15) is 30.4 Å². The number of rotatable bonds is 4. The molecule has 7 aromatic rings. The Morgan fingerprint density at radius 3 is 2.30 bits per heavy atom. The number of ether oxygens (including phenoxy) is 1. The molecule has 0 saturated heterocycles. The standard InChI is InChI=1S/C41H30N2O/c1-44-37-19-16-30(35-24-31-10-4-20-42-40(31)41-34(35)11-5-21-43-41)23-36(37)29-9-3-8-28(22-29)32-17-14-27-13-12-25-6-2-7-26-15-18-33(32)39(27)38(25)26/h2-8,10-15,17-18,20-24,29H,9,16,19H2,1H3. The van der Waals surface area contributed by atoms with Gasteiger partial charge in [-0.2, -0.15) is 0 Å². The van der Waals surface area contributed by atoms with Crippen LogP contribution in [0.2, 0.25) is 0 Å². The molecular weight excluding hydrogens is 536 g/mol. The highest BCUT2D eigenvalue weighted by molar-refractivity contribution is 6.24. The van der Waals surface area contributed by atoms with Gasteiger partial charge in [-0.3, -0.25) is 9.97 Å². The Morgan fingerprint density at radius 2 is 1.43 bits per heavy atom. The molecule has 2 heterocycles. The van der Waals surface area contributed by atoms with Gasteiger partial charge < -0.3 is 4.74 Å². The first kappa shape index (κ1) is 25.2. The van der Waals surface area contributed by atoms with Gasteiger partial charge in [0.05, 0.1) is 23.9 Å². The lowest BCUT2D eigenvalue weighted by Crippen LogP contribution is -2.11. The fraction of sp³-hybridized carbons (Fsp3) is 0.122. The van der Waals surface area contributed by atoms with E-state index in [-0.39, 0.29) is 5.92 Å². The highest BCUT2D eigenvalue weighted by Crippen LogP contribution is 2.43. The molecule has 210 valence electrons. The third-order valence-electron chi connectivity index (χ3n) is 9.63. The first-order valence-corrected chi connectivity index (χ1v) is 15.4. The van der Waals surface area contributed by atoms with Crippen LogP contribution in [0.5, 0.6) is 0 Å². The van der Waals surface area contributed by atoms with Crippen LogP contribution in [0, 0.1) is 5.92 Å². The molecule has 5 aromatic carbocycles. The summed E-state index contributed by atoms with van der Waals surface area (Å²) < 4.78 is 6.05. The Bertz CT molecular complexity index is 2390. The molecule has 1 atom stereocenters. The first-order valence-electron chi connectivity index (χ1n) is 15.4. The fourth-order valence-corrected chi connectivity index (χ4v) is 7.59. The predicted molar refractivity (Wildman–Crippen MR) is 184 cm³/mol. The number of aromatic nitrogens is 2. The van der Waals surface area contributed by atoms with Crippen LogP contribution in [-0.4, -0.2) is 17.1 Å². The molecule has 44 heavy (non-hydrogen) atoms. The van der Waals surface area contributed by atoms with E-state index < -0.39 is 0 Å². The predicted octanol–water partition coefficient (Wildman–Crippen LogP) is 10.4. The van der Waals surface area contributed by atoms with Crippen LogP contribution in [0.4, 0.5) is 0 Å².